The van der Waals surface area contributed by atoms with Crippen molar-refractivity contribution in [1.82, 2.24) is 14.3 Å². The first kappa shape index (κ1) is 25.7. The molecule has 0 aliphatic carbocycles. The van der Waals surface area contributed by atoms with Crippen LogP contribution in [0.5, 0.6) is 0 Å². The average molecular weight is 510 g/mol. The molecule has 0 saturated heterocycles. The van der Waals surface area contributed by atoms with Crippen LogP contribution in [0, 0.1) is 24.6 Å². The summed E-state index contributed by atoms with van der Waals surface area (Å²) in [7, 11) is 3.07. The van der Waals surface area contributed by atoms with E-state index in [0.29, 0.717) is 33.7 Å². The summed E-state index contributed by atoms with van der Waals surface area (Å²) < 4.78 is 56.7. The Labute approximate surface area is 209 Å². The van der Waals surface area contributed by atoms with E-state index in [4.69, 9.17) is 0 Å². The molecule has 1 atom stereocenters. The van der Waals surface area contributed by atoms with E-state index in [0.717, 1.165) is 22.4 Å². The molecule has 1 N–H and O–H groups in total. The predicted octanol–water partition coefficient (Wildman–Crippen LogP) is 4.67. The summed E-state index contributed by atoms with van der Waals surface area (Å²) in [5.74, 6) is 4.72. The van der Waals surface area contributed by atoms with Crippen LogP contribution in [0.1, 0.15) is 40.9 Å². The minimum Gasteiger partial charge on any atom is -0.378 e. The number of halogens is 4. The Balaban J connectivity index is 1.83. The highest BCUT2D eigenvalue weighted by Crippen LogP contribution is 2.37. The molecule has 190 valence electrons. The molecular weight excluding hydrogens is 488 g/mol. The van der Waals surface area contributed by atoms with Crippen molar-refractivity contribution in [3.63, 3.8) is 0 Å². The number of rotatable bonds is 3. The number of alkyl halides is 3. The fourth-order valence-electron chi connectivity index (χ4n) is 4.03. The van der Waals surface area contributed by atoms with Crippen molar-refractivity contribution in [2.45, 2.75) is 26.1 Å². The van der Waals surface area contributed by atoms with E-state index in [1.54, 1.807) is 39.1 Å². The summed E-state index contributed by atoms with van der Waals surface area (Å²) in [6, 6.07) is 8.24. The molecule has 4 aromatic rings. The van der Waals surface area contributed by atoms with E-state index in [-0.39, 0.29) is 16.8 Å². The molecule has 0 fully saturated rings. The molecule has 2 aromatic heterocycles. The molecule has 0 aliphatic heterocycles. The van der Waals surface area contributed by atoms with Gasteiger partial charge in [0.2, 0.25) is 0 Å². The topological polar surface area (TPSA) is 68.9 Å². The minimum atomic E-state index is -4.76. The van der Waals surface area contributed by atoms with E-state index < -0.39 is 23.6 Å². The number of aryl methyl sites for hydroxylation is 2. The van der Waals surface area contributed by atoms with Gasteiger partial charge in [0.25, 0.3) is 11.1 Å². The number of hydrogen-bond acceptors (Lipinski definition) is 4. The molecule has 2 aromatic carbocycles. The van der Waals surface area contributed by atoms with E-state index in [2.05, 4.69) is 22.3 Å². The van der Waals surface area contributed by atoms with Gasteiger partial charge in [-0.25, -0.2) is 9.07 Å². The summed E-state index contributed by atoms with van der Waals surface area (Å²) in [6.07, 6.45) is -3.33. The van der Waals surface area contributed by atoms with Crippen LogP contribution < -0.4 is 16.4 Å². The van der Waals surface area contributed by atoms with Gasteiger partial charge in [0, 0.05) is 37.3 Å². The number of benzene rings is 2. The number of pyridine rings is 1. The largest absolute Gasteiger partial charge is 0.418 e. The first-order valence-electron chi connectivity index (χ1n) is 11.2. The highest BCUT2D eigenvalue weighted by Gasteiger charge is 2.34. The minimum absolute atomic E-state index is 0.280. The second-order valence-corrected chi connectivity index (χ2v) is 8.72. The van der Waals surface area contributed by atoms with Gasteiger partial charge in [-0.3, -0.25) is 9.59 Å². The van der Waals surface area contributed by atoms with Crippen LogP contribution in [-0.2, 0) is 20.3 Å². The van der Waals surface area contributed by atoms with Gasteiger partial charge >= 0.3 is 6.18 Å². The molecule has 6 nitrogen and oxygen atoms in total. The third-order valence-corrected chi connectivity index (χ3v) is 5.96. The second kappa shape index (κ2) is 9.58. The molecule has 0 amide bonds. The van der Waals surface area contributed by atoms with Crippen LogP contribution in [0.4, 0.5) is 23.2 Å². The molecule has 0 unspecified atom stereocenters. The Kier molecular flexibility index (Phi) is 6.65. The van der Waals surface area contributed by atoms with Crippen LogP contribution >= 0.6 is 0 Å². The van der Waals surface area contributed by atoms with Crippen molar-refractivity contribution in [2.24, 2.45) is 14.1 Å². The predicted molar refractivity (Wildman–Crippen MR) is 133 cm³/mol. The molecule has 0 radical (unpaired) electrons. The van der Waals surface area contributed by atoms with E-state index in [1.807, 2.05) is 0 Å². The summed E-state index contributed by atoms with van der Waals surface area (Å²) >= 11 is 0. The van der Waals surface area contributed by atoms with E-state index in [9.17, 15) is 27.2 Å². The number of nitrogens with one attached hydrogen (secondary N) is 1. The molecule has 37 heavy (non-hydrogen) atoms. The van der Waals surface area contributed by atoms with E-state index in [1.165, 1.54) is 23.9 Å². The number of aromatic nitrogens is 3. The Morgan fingerprint density at radius 2 is 1.73 bits per heavy atom. The Morgan fingerprint density at radius 1 is 1.00 bits per heavy atom. The molecule has 0 aliphatic rings. The standard InChI is InChI=1S/C27H22F4N4O2/c1-15-9-20(16(2)33-24-8-6-18(28)12-23(24)27(29,30)31)21-13-19(34(3)26(37)22(21)10-15)7-5-17-11-25(36)35(4)32-14-17/h6,8-14,16,33H,1-4H3/t16-/m1/s1. The van der Waals surface area contributed by atoms with Crippen molar-refractivity contribution >= 4 is 16.5 Å². The van der Waals surface area contributed by atoms with Gasteiger partial charge in [0.1, 0.15) is 5.82 Å². The number of hydrogen-bond donors (Lipinski definition) is 1. The van der Waals surface area contributed by atoms with Crippen LogP contribution in [-0.4, -0.2) is 14.3 Å². The van der Waals surface area contributed by atoms with Gasteiger partial charge in [-0.2, -0.15) is 18.3 Å². The zero-order valence-electron chi connectivity index (χ0n) is 20.4. The number of nitrogens with zero attached hydrogens (tertiary/aromatic N) is 3. The molecular formula is C27H22F4N4O2. The quantitative estimate of drug-likeness (QED) is 0.321. The number of fused-ring (bicyclic) bond motifs is 1. The summed E-state index contributed by atoms with van der Waals surface area (Å²) in [5, 5.41) is 7.63. The monoisotopic (exact) mass is 510 g/mol. The SMILES string of the molecule is Cc1cc([C@@H](C)Nc2ccc(F)cc2C(F)(F)F)c2cc(C#Cc3cnn(C)c(=O)c3)n(C)c(=O)c2c1. The summed E-state index contributed by atoms with van der Waals surface area (Å²) in [4.78, 5) is 25.0. The smallest absolute Gasteiger partial charge is 0.378 e. The van der Waals surface area contributed by atoms with Crippen LogP contribution in [0.3, 0.4) is 0 Å². The zero-order valence-corrected chi connectivity index (χ0v) is 20.4. The zero-order chi connectivity index (χ0) is 27.1. The molecule has 0 spiro atoms. The van der Waals surface area contributed by atoms with Gasteiger partial charge < -0.3 is 9.88 Å². The van der Waals surface area contributed by atoms with Crippen molar-refractivity contribution < 1.29 is 17.6 Å². The molecule has 2 heterocycles. The maximum atomic E-state index is 13.6. The maximum absolute atomic E-state index is 13.6. The maximum Gasteiger partial charge on any atom is 0.418 e. The van der Waals surface area contributed by atoms with E-state index >= 15 is 0 Å². The van der Waals surface area contributed by atoms with Gasteiger partial charge in [0.15, 0.2) is 0 Å². The van der Waals surface area contributed by atoms with Crippen LogP contribution in [0.2, 0.25) is 0 Å². The lowest BCUT2D eigenvalue weighted by atomic mass is 9.96. The molecule has 0 bridgehead atoms. The van der Waals surface area contributed by atoms with Gasteiger partial charge in [-0.15, -0.1) is 0 Å². The lowest BCUT2D eigenvalue weighted by Gasteiger charge is -2.22. The average Bonchev–Trinajstić information content (AvgIpc) is 2.83. The normalized spacial score (nSPS) is 12.2. The lowest BCUT2D eigenvalue weighted by Crippen LogP contribution is -2.21. The van der Waals surface area contributed by atoms with Crippen molar-refractivity contribution in [3.8, 4) is 11.8 Å². The third-order valence-electron chi connectivity index (χ3n) is 5.96. The fraction of sp³-hybridized carbons (Fsp3) is 0.222. The van der Waals surface area contributed by atoms with Crippen LogP contribution in [0.25, 0.3) is 10.8 Å². The van der Waals surface area contributed by atoms with Gasteiger partial charge in [0.05, 0.1) is 23.0 Å². The Hall–Kier alpha value is -4.39. The molecule has 4 rings (SSSR count). The molecule has 10 heteroatoms. The highest BCUT2D eigenvalue weighted by atomic mass is 19.4. The number of anilines is 1. The highest BCUT2D eigenvalue weighted by molar-refractivity contribution is 5.87. The summed E-state index contributed by atoms with van der Waals surface area (Å²) in [5.41, 5.74) is -0.0509. The lowest BCUT2D eigenvalue weighted by molar-refractivity contribution is -0.137. The first-order chi connectivity index (χ1) is 17.3. The molecule has 0 saturated carbocycles. The Morgan fingerprint density at radius 3 is 2.41 bits per heavy atom. The van der Waals surface area contributed by atoms with Crippen molar-refractivity contribution in [2.75, 3.05) is 5.32 Å². The van der Waals surface area contributed by atoms with Gasteiger partial charge in [-0.05, 0) is 66.6 Å². The third kappa shape index (κ3) is 5.26. The van der Waals surface area contributed by atoms with Crippen LogP contribution in [0.15, 0.2) is 58.3 Å². The summed E-state index contributed by atoms with van der Waals surface area (Å²) in [6.45, 7) is 3.44. The second-order valence-electron chi connectivity index (χ2n) is 8.72. The first-order valence-corrected chi connectivity index (χ1v) is 11.2. The Bertz CT molecular complexity index is 1710. The fourth-order valence-corrected chi connectivity index (χ4v) is 4.03. The van der Waals surface area contributed by atoms with Crippen molar-refractivity contribution in [1.29, 1.82) is 0 Å². The van der Waals surface area contributed by atoms with Gasteiger partial charge in [-0.1, -0.05) is 12.0 Å². The van der Waals surface area contributed by atoms with Crippen molar-refractivity contribution in [3.05, 3.63) is 103 Å².